The summed E-state index contributed by atoms with van der Waals surface area (Å²) < 4.78 is 30.4. The fraction of sp³-hybridized carbons (Fsp3) is 0.200. The Bertz CT molecular complexity index is 1320. The van der Waals surface area contributed by atoms with E-state index in [1.807, 2.05) is 18.4 Å². The first-order valence-corrected chi connectivity index (χ1v) is 11.5. The van der Waals surface area contributed by atoms with E-state index in [2.05, 4.69) is 20.2 Å². The lowest BCUT2D eigenvalue weighted by Gasteiger charge is -2.09. The molecule has 1 aromatic carbocycles. The van der Waals surface area contributed by atoms with E-state index in [0.29, 0.717) is 17.1 Å². The zero-order valence-corrected chi connectivity index (χ0v) is 18.2. The lowest BCUT2D eigenvalue weighted by Crippen LogP contribution is -2.13. The molecule has 0 saturated heterocycles. The molecule has 0 unspecified atom stereocenters. The average Bonchev–Trinajstić information content (AvgIpc) is 3.37. The molecule has 4 rings (SSSR count). The number of aryl methyl sites for hydroxylation is 1. The first-order chi connectivity index (χ1) is 14.3. The normalized spacial score (nSPS) is 11.9. The SMILES string of the molecule is Cc1ccsc1-c1nnc(-c2nc(-c3ccc(S(=O)(=O)C(C)C)cc3)cnc2N)o1.[HH].[HH]. The molecule has 4 aromatic rings. The third-order valence-corrected chi connectivity index (χ3v) is 7.76. The van der Waals surface area contributed by atoms with Crippen LogP contribution in [0, 0.1) is 6.92 Å². The van der Waals surface area contributed by atoms with Crippen molar-refractivity contribution in [1.82, 2.24) is 20.2 Å². The first-order valence-electron chi connectivity index (χ1n) is 9.12. The Morgan fingerprint density at radius 3 is 2.43 bits per heavy atom. The minimum atomic E-state index is -3.34. The largest absolute Gasteiger partial charge is 0.414 e. The Morgan fingerprint density at radius 1 is 1.10 bits per heavy atom. The van der Waals surface area contributed by atoms with Crippen LogP contribution in [0.2, 0.25) is 0 Å². The molecular weight excluding hydrogens is 422 g/mol. The lowest BCUT2D eigenvalue weighted by atomic mass is 10.1. The van der Waals surface area contributed by atoms with Gasteiger partial charge in [0.1, 0.15) is 0 Å². The van der Waals surface area contributed by atoms with Crippen molar-refractivity contribution in [1.29, 1.82) is 0 Å². The molecule has 0 radical (unpaired) electrons. The summed E-state index contributed by atoms with van der Waals surface area (Å²) in [4.78, 5) is 9.87. The van der Waals surface area contributed by atoms with Crippen LogP contribution in [0.4, 0.5) is 5.82 Å². The molecular formula is C20H23N5O3S2. The third kappa shape index (κ3) is 3.59. The van der Waals surface area contributed by atoms with Gasteiger partial charge in [-0.1, -0.05) is 12.1 Å². The summed E-state index contributed by atoms with van der Waals surface area (Å²) in [7, 11) is -3.34. The predicted octanol–water partition coefficient (Wildman–Crippen LogP) is 4.49. The van der Waals surface area contributed by atoms with Crippen LogP contribution < -0.4 is 5.73 Å². The number of nitrogens with two attached hydrogens (primary N) is 1. The molecule has 0 atom stereocenters. The minimum Gasteiger partial charge on any atom is -0.414 e. The standard InChI is InChI=1S/C20H19N5O3S2.2H2/c1-11(2)30(26,27)14-6-4-13(5-7-14)15-10-22-18(21)16(23-15)19-24-25-20(28-19)17-12(3)8-9-29-17;;/h4-11H,1-3H3,(H2,21,22);2*1H. The van der Waals surface area contributed by atoms with Crippen LogP contribution in [0.3, 0.4) is 0 Å². The van der Waals surface area contributed by atoms with E-state index in [1.54, 1.807) is 38.1 Å². The van der Waals surface area contributed by atoms with Crippen LogP contribution in [0.1, 0.15) is 22.3 Å². The maximum atomic E-state index is 12.3. The van der Waals surface area contributed by atoms with Gasteiger partial charge in [-0.05, 0) is 49.9 Å². The van der Waals surface area contributed by atoms with Crippen LogP contribution in [-0.4, -0.2) is 33.8 Å². The average molecular weight is 446 g/mol. The Hall–Kier alpha value is -3.11. The molecule has 3 heterocycles. The Kier molecular flexibility index (Phi) is 5.12. The quantitative estimate of drug-likeness (QED) is 0.476. The van der Waals surface area contributed by atoms with E-state index in [9.17, 15) is 8.42 Å². The van der Waals surface area contributed by atoms with Crippen molar-refractivity contribution in [2.45, 2.75) is 30.9 Å². The van der Waals surface area contributed by atoms with Crippen LogP contribution in [0.5, 0.6) is 0 Å². The smallest absolute Gasteiger partial charge is 0.270 e. The molecule has 0 spiro atoms. The highest BCUT2D eigenvalue weighted by atomic mass is 32.2. The zero-order valence-electron chi connectivity index (χ0n) is 16.5. The Morgan fingerprint density at radius 2 is 1.80 bits per heavy atom. The molecule has 158 valence electrons. The van der Waals surface area contributed by atoms with E-state index < -0.39 is 15.1 Å². The van der Waals surface area contributed by atoms with Gasteiger partial charge in [0.15, 0.2) is 21.3 Å². The van der Waals surface area contributed by atoms with Crippen molar-refractivity contribution >= 4 is 27.0 Å². The molecule has 8 nitrogen and oxygen atoms in total. The van der Waals surface area contributed by atoms with Gasteiger partial charge in [0.05, 0.1) is 26.9 Å². The number of aromatic nitrogens is 4. The van der Waals surface area contributed by atoms with Crippen molar-refractivity contribution < 1.29 is 15.7 Å². The first kappa shape index (κ1) is 20.2. The van der Waals surface area contributed by atoms with Crippen molar-refractivity contribution in [3.8, 4) is 33.6 Å². The number of sulfone groups is 1. The van der Waals surface area contributed by atoms with E-state index in [1.165, 1.54) is 17.5 Å². The lowest BCUT2D eigenvalue weighted by molar-refractivity contribution is 0.583. The number of hydrogen-bond acceptors (Lipinski definition) is 9. The second kappa shape index (κ2) is 7.62. The maximum absolute atomic E-state index is 12.3. The van der Waals surface area contributed by atoms with Crippen LogP contribution >= 0.6 is 11.3 Å². The summed E-state index contributed by atoms with van der Waals surface area (Å²) in [6, 6.07) is 8.47. The van der Waals surface area contributed by atoms with Crippen molar-refractivity contribution in [2.24, 2.45) is 0 Å². The summed E-state index contributed by atoms with van der Waals surface area (Å²) in [5.74, 6) is 0.729. The van der Waals surface area contributed by atoms with E-state index >= 15 is 0 Å². The highest BCUT2D eigenvalue weighted by Gasteiger charge is 2.20. The van der Waals surface area contributed by atoms with Gasteiger partial charge in [-0.3, -0.25) is 0 Å². The molecule has 0 aliphatic rings. The molecule has 0 saturated carbocycles. The predicted molar refractivity (Wildman–Crippen MR) is 120 cm³/mol. The number of nitrogen functional groups attached to an aromatic ring is 1. The van der Waals surface area contributed by atoms with Gasteiger partial charge in [-0.2, -0.15) is 0 Å². The number of thiophene rings is 1. The summed E-state index contributed by atoms with van der Waals surface area (Å²) in [6.45, 7) is 5.27. The molecule has 0 aliphatic carbocycles. The molecule has 3 aromatic heterocycles. The van der Waals surface area contributed by atoms with Gasteiger partial charge in [0, 0.05) is 8.42 Å². The van der Waals surface area contributed by atoms with Crippen LogP contribution in [0.15, 0.2) is 51.2 Å². The molecule has 0 bridgehead atoms. The van der Waals surface area contributed by atoms with Crippen molar-refractivity contribution in [2.75, 3.05) is 5.73 Å². The highest BCUT2D eigenvalue weighted by molar-refractivity contribution is 7.92. The highest BCUT2D eigenvalue weighted by Crippen LogP contribution is 2.32. The molecule has 0 fully saturated rings. The monoisotopic (exact) mass is 445 g/mol. The number of rotatable bonds is 5. The van der Waals surface area contributed by atoms with Crippen molar-refractivity contribution in [3.63, 3.8) is 0 Å². The Balaban J connectivity index is 0.00000181. The number of anilines is 1. The molecule has 0 amide bonds. The minimum absolute atomic E-state index is 0. The summed E-state index contributed by atoms with van der Waals surface area (Å²) in [6.07, 6.45) is 1.52. The summed E-state index contributed by atoms with van der Waals surface area (Å²) >= 11 is 1.51. The van der Waals surface area contributed by atoms with Gasteiger partial charge in [-0.25, -0.2) is 18.4 Å². The van der Waals surface area contributed by atoms with E-state index in [-0.39, 0.29) is 25.2 Å². The zero-order chi connectivity index (χ0) is 21.5. The molecule has 0 aliphatic heterocycles. The van der Waals surface area contributed by atoms with Crippen molar-refractivity contribution in [3.05, 3.63) is 47.5 Å². The Labute approximate surface area is 180 Å². The number of nitrogens with zero attached hydrogens (tertiary/aromatic N) is 4. The second-order valence-corrected chi connectivity index (χ2v) is 10.4. The molecule has 10 heteroatoms. The molecule has 30 heavy (non-hydrogen) atoms. The number of hydrogen-bond donors (Lipinski definition) is 1. The summed E-state index contributed by atoms with van der Waals surface area (Å²) in [5.41, 5.74) is 8.52. The van der Waals surface area contributed by atoms with Gasteiger partial charge in [-0.15, -0.1) is 21.5 Å². The van der Waals surface area contributed by atoms with Gasteiger partial charge < -0.3 is 10.2 Å². The van der Waals surface area contributed by atoms with E-state index in [4.69, 9.17) is 10.2 Å². The third-order valence-electron chi connectivity index (χ3n) is 4.58. The van der Waals surface area contributed by atoms with Gasteiger partial charge >= 0.3 is 0 Å². The molecule has 2 N–H and O–H groups in total. The van der Waals surface area contributed by atoms with Gasteiger partial charge in [0.25, 0.3) is 11.8 Å². The summed E-state index contributed by atoms with van der Waals surface area (Å²) in [5, 5.41) is 9.63. The fourth-order valence-electron chi connectivity index (χ4n) is 2.78. The fourth-order valence-corrected chi connectivity index (χ4v) is 4.69. The van der Waals surface area contributed by atoms with Crippen LogP contribution in [0.25, 0.3) is 33.6 Å². The van der Waals surface area contributed by atoms with E-state index in [0.717, 1.165) is 10.4 Å². The topological polar surface area (TPSA) is 125 Å². The number of benzene rings is 1. The van der Waals surface area contributed by atoms with Crippen LogP contribution in [-0.2, 0) is 9.84 Å². The maximum Gasteiger partial charge on any atom is 0.270 e. The second-order valence-electron chi connectivity index (χ2n) is 6.95. The van der Waals surface area contributed by atoms with Gasteiger partial charge in [0.2, 0.25) is 0 Å².